The van der Waals surface area contributed by atoms with Crippen molar-refractivity contribution in [2.45, 2.75) is 6.42 Å². The predicted molar refractivity (Wildman–Crippen MR) is 65.6 cm³/mol. The van der Waals surface area contributed by atoms with Gasteiger partial charge >= 0.3 is 0 Å². The summed E-state index contributed by atoms with van der Waals surface area (Å²) in [4.78, 5) is 0. The molecule has 0 unspecified atom stereocenters. The van der Waals surface area contributed by atoms with Crippen LogP contribution in [0.2, 0.25) is 0 Å². The minimum Gasteiger partial charge on any atom is -0.454 e. The fraction of sp³-hybridized carbons (Fsp3) is 0.143. The molecule has 0 radical (unpaired) electrons. The molecule has 0 fully saturated rings. The van der Waals surface area contributed by atoms with Crippen molar-refractivity contribution in [3.63, 3.8) is 0 Å². The lowest BCUT2D eigenvalue weighted by molar-refractivity contribution is 0.438. The third-order valence-electron chi connectivity index (χ3n) is 2.45. The second kappa shape index (κ2) is 5.60. The Labute approximate surface area is 104 Å². The molecule has 0 saturated heterocycles. The van der Waals surface area contributed by atoms with Crippen LogP contribution in [0.15, 0.2) is 42.5 Å². The van der Waals surface area contributed by atoms with E-state index in [1.54, 1.807) is 12.1 Å². The summed E-state index contributed by atoms with van der Waals surface area (Å²) in [7, 11) is 0. The van der Waals surface area contributed by atoms with Crippen molar-refractivity contribution >= 4 is 0 Å². The Kier molecular flexibility index (Phi) is 3.89. The first-order chi connectivity index (χ1) is 8.69. The molecule has 4 heteroatoms. The highest BCUT2D eigenvalue weighted by Gasteiger charge is 2.06. The van der Waals surface area contributed by atoms with E-state index < -0.39 is 11.6 Å². The maximum absolute atomic E-state index is 13.7. The summed E-state index contributed by atoms with van der Waals surface area (Å²) in [5, 5.41) is 0. The normalized spacial score (nSPS) is 10.4. The van der Waals surface area contributed by atoms with Crippen LogP contribution in [-0.4, -0.2) is 6.54 Å². The van der Waals surface area contributed by atoms with E-state index in [0.29, 0.717) is 13.0 Å². The van der Waals surface area contributed by atoms with Crippen molar-refractivity contribution in [2.24, 2.45) is 5.73 Å². The van der Waals surface area contributed by atoms with Gasteiger partial charge in [-0.3, -0.25) is 0 Å². The molecule has 0 atom stereocenters. The highest BCUT2D eigenvalue weighted by molar-refractivity contribution is 5.34. The molecule has 0 bridgehead atoms. The molecular weight excluding hydrogens is 236 g/mol. The molecule has 2 rings (SSSR count). The quantitative estimate of drug-likeness (QED) is 0.902. The summed E-state index contributed by atoms with van der Waals surface area (Å²) >= 11 is 0. The third-order valence-corrected chi connectivity index (χ3v) is 2.45. The van der Waals surface area contributed by atoms with E-state index in [2.05, 4.69) is 0 Å². The molecule has 0 aliphatic heterocycles. The Morgan fingerprint density at radius 2 is 1.89 bits per heavy atom. The second-order valence-corrected chi connectivity index (χ2v) is 3.86. The summed E-state index contributed by atoms with van der Waals surface area (Å²) in [6, 6.07) is 10.2. The number of halogens is 2. The number of benzene rings is 2. The standard InChI is InChI=1S/C14H13F2NO/c15-11-2-1-3-12(9-11)18-14-5-4-10(6-7-17)8-13(14)16/h1-5,8-9H,6-7,17H2. The van der Waals surface area contributed by atoms with Gasteiger partial charge in [0.15, 0.2) is 11.6 Å². The van der Waals surface area contributed by atoms with Crippen LogP contribution < -0.4 is 10.5 Å². The van der Waals surface area contributed by atoms with Crippen molar-refractivity contribution < 1.29 is 13.5 Å². The molecule has 0 aromatic heterocycles. The molecule has 2 aromatic rings. The fourth-order valence-corrected chi connectivity index (χ4v) is 1.61. The van der Waals surface area contributed by atoms with Gasteiger partial charge in [0.05, 0.1) is 0 Å². The van der Waals surface area contributed by atoms with E-state index in [1.165, 1.54) is 30.3 Å². The van der Waals surface area contributed by atoms with Crippen molar-refractivity contribution in [3.05, 3.63) is 59.7 Å². The van der Waals surface area contributed by atoms with Gasteiger partial charge in [-0.2, -0.15) is 0 Å². The zero-order valence-electron chi connectivity index (χ0n) is 9.70. The SMILES string of the molecule is NCCc1ccc(Oc2cccc(F)c2)c(F)c1. The first kappa shape index (κ1) is 12.5. The maximum Gasteiger partial charge on any atom is 0.165 e. The first-order valence-corrected chi connectivity index (χ1v) is 5.61. The summed E-state index contributed by atoms with van der Waals surface area (Å²) in [5.41, 5.74) is 6.20. The molecule has 2 aromatic carbocycles. The molecule has 0 saturated carbocycles. The fourth-order valence-electron chi connectivity index (χ4n) is 1.61. The zero-order valence-corrected chi connectivity index (χ0v) is 9.70. The Balaban J connectivity index is 2.19. The largest absolute Gasteiger partial charge is 0.454 e. The van der Waals surface area contributed by atoms with Gasteiger partial charge < -0.3 is 10.5 Å². The van der Waals surface area contributed by atoms with Crippen molar-refractivity contribution in [3.8, 4) is 11.5 Å². The smallest absolute Gasteiger partial charge is 0.165 e. The molecule has 2 nitrogen and oxygen atoms in total. The Bertz CT molecular complexity index is 543. The van der Waals surface area contributed by atoms with Gasteiger partial charge in [0.25, 0.3) is 0 Å². The third kappa shape index (κ3) is 3.05. The molecule has 0 aliphatic rings. The average molecular weight is 249 g/mol. The van der Waals surface area contributed by atoms with Crippen LogP contribution in [0.1, 0.15) is 5.56 Å². The minimum absolute atomic E-state index is 0.0707. The van der Waals surface area contributed by atoms with Gasteiger partial charge in [-0.15, -0.1) is 0 Å². The molecule has 0 amide bonds. The van der Waals surface area contributed by atoms with E-state index in [1.807, 2.05) is 0 Å². The number of nitrogens with two attached hydrogens (primary N) is 1. The van der Waals surface area contributed by atoms with E-state index in [-0.39, 0.29) is 11.5 Å². The second-order valence-electron chi connectivity index (χ2n) is 3.86. The lowest BCUT2D eigenvalue weighted by Gasteiger charge is -2.08. The highest BCUT2D eigenvalue weighted by Crippen LogP contribution is 2.25. The van der Waals surface area contributed by atoms with Gasteiger partial charge in [-0.05, 0) is 42.8 Å². The van der Waals surface area contributed by atoms with E-state index >= 15 is 0 Å². The highest BCUT2D eigenvalue weighted by atomic mass is 19.1. The predicted octanol–water partition coefficient (Wildman–Crippen LogP) is 3.26. The number of hydrogen-bond acceptors (Lipinski definition) is 2. The molecule has 18 heavy (non-hydrogen) atoms. The summed E-state index contributed by atoms with van der Waals surface area (Å²) in [6.45, 7) is 0.462. The maximum atomic E-state index is 13.7. The molecular formula is C14H13F2NO. The molecule has 94 valence electrons. The van der Waals surface area contributed by atoms with Crippen molar-refractivity contribution in [1.29, 1.82) is 0 Å². The van der Waals surface area contributed by atoms with Gasteiger partial charge in [0.1, 0.15) is 11.6 Å². The topological polar surface area (TPSA) is 35.2 Å². The van der Waals surface area contributed by atoms with Gasteiger partial charge in [0.2, 0.25) is 0 Å². The van der Waals surface area contributed by atoms with Crippen LogP contribution >= 0.6 is 0 Å². The average Bonchev–Trinajstić information content (AvgIpc) is 2.33. The Hall–Kier alpha value is -1.94. The van der Waals surface area contributed by atoms with Crippen LogP contribution in [0.4, 0.5) is 8.78 Å². The summed E-state index contributed by atoms with van der Waals surface area (Å²) in [6.07, 6.45) is 0.608. The van der Waals surface area contributed by atoms with Gasteiger partial charge in [0, 0.05) is 6.07 Å². The lowest BCUT2D eigenvalue weighted by atomic mass is 10.1. The van der Waals surface area contributed by atoms with E-state index in [9.17, 15) is 8.78 Å². The zero-order chi connectivity index (χ0) is 13.0. The van der Waals surface area contributed by atoms with Crippen LogP contribution in [0, 0.1) is 11.6 Å². The number of hydrogen-bond donors (Lipinski definition) is 1. The molecule has 0 aliphatic carbocycles. The number of ether oxygens (including phenoxy) is 1. The van der Waals surface area contributed by atoms with Crippen molar-refractivity contribution in [1.82, 2.24) is 0 Å². The first-order valence-electron chi connectivity index (χ1n) is 5.61. The van der Waals surface area contributed by atoms with Crippen LogP contribution in [0.25, 0.3) is 0 Å². The molecule has 2 N–H and O–H groups in total. The van der Waals surface area contributed by atoms with Gasteiger partial charge in [-0.25, -0.2) is 8.78 Å². The summed E-state index contributed by atoms with van der Waals surface area (Å²) in [5.74, 6) is -0.570. The molecule has 0 spiro atoms. The summed E-state index contributed by atoms with van der Waals surface area (Å²) < 4.78 is 31.9. The number of rotatable bonds is 4. The Morgan fingerprint density at radius 3 is 2.56 bits per heavy atom. The van der Waals surface area contributed by atoms with E-state index in [0.717, 1.165) is 5.56 Å². The van der Waals surface area contributed by atoms with Crippen LogP contribution in [-0.2, 0) is 6.42 Å². The minimum atomic E-state index is -0.481. The Morgan fingerprint density at radius 1 is 1.06 bits per heavy atom. The lowest BCUT2D eigenvalue weighted by Crippen LogP contribution is -2.03. The van der Waals surface area contributed by atoms with Gasteiger partial charge in [-0.1, -0.05) is 12.1 Å². The van der Waals surface area contributed by atoms with Crippen LogP contribution in [0.3, 0.4) is 0 Å². The van der Waals surface area contributed by atoms with E-state index in [4.69, 9.17) is 10.5 Å². The monoisotopic (exact) mass is 249 g/mol. The van der Waals surface area contributed by atoms with Crippen LogP contribution in [0.5, 0.6) is 11.5 Å². The van der Waals surface area contributed by atoms with Crippen molar-refractivity contribution in [2.75, 3.05) is 6.54 Å². The molecule has 0 heterocycles.